The van der Waals surface area contributed by atoms with Crippen LogP contribution >= 0.6 is 0 Å². The van der Waals surface area contributed by atoms with E-state index in [9.17, 15) is 4.79 Å². The average molecular weight is 353 g/mol. The van der Waals surface area contributed by atoms with Crippen molar-refractivity contribution in [1.29, 1.82) is 0 Å². The van der Waals surface area contributed by atoms with Crippen LogP contribution in [0.15, 0.2) is 24.3 Å². The molecular formula is C20H27N5O. The Bertz CT molecular complexity index is 806. The molecule has 2 aromatic rings. The highest BCUT2D eigenvalue weighted by Crippen LogP contribution is 2.34. The van der Waals surface area contributed by atoms with Crippen molar-refractivity contribution in [3.8, 4) is 0 Å². The van der Waals surface area contributed by atoms with Crippen LogP contribution in [0.3, 0.4) is 0 Å². The fourth-order valence-electron chi connectivity index (χ4n) is 4.25. The highest BCUT2D eigenvalue weighted by atomic mass is 16.2. The Morgan fingerprint density at radius 3 is 2.65 bits per heavy atom. The van der Waals surface area contributed by atoms with Crippen molar-refractivity contribution in [1.82, 2.24) is 24.6 Å². The summed E-state index contributed by atoms with van der Waals surface area (Å²) >= 11 is 0. The van der Waals surface area contributed by atoms with Crippen LogP contribution in [0.1, 0.15) is 65.8 Å². The second kappa shape index (κ2) is 6.83. The summed E-state index contributed by atoms with van der Waals surface area (Å²) in [6.07, 6.45) is 3.00. The molecule has 26 heavy (non-hydrogen) atoms. The predicted molar refractivity (Wildman–Crippen MR) is 99.9 cm³/mol. The van der Waals surface area contributed by atoms with E-state index >= 15 is 0 Å². The van der Waals surface area contributed by atoms with E-state index in [1.165, 1.54) is 0 Å². The summed E-state index contributed by atoms with van der Waals surface area (Å²) in [4.78, 5) is 22.1. The van der Waals surface area contributed by atoms with Gasteiger partial charge in [0.2, 0.25) is 0 Å². The van der Waals surface area contributed by atoms with Gasteiger partial charge in [0.15, 0.2) is 0 Å². The lowest BCUT2D eigenvalue weighted by Gasteiger charge is -2.32. The van der Waals surface area contributed by atoms with E-state index in [4.69, 9.17) is 10.1 Å². The Hall–Kier alpha value is -2.21. The molecule has 0 radical (unpaired) electrons. The third-order valence-electron chi connectivity index (χ3n) is 5.71. The van der Waals surface area contributed by atoms with Crippen molar-refractivity contribution in [2.45, 2.75) is 51.7 Å². The van der Waals surface area contributed by atoms with Gasteiger partial charge in [0.25, 0.3) is 5.91 Å². The topological polar surface area (TPSA) is 54.3 Å². The molecule has 0 saturated carbocycles. The molecule has 2 aliphatic rings. The Morgan fingerprint density at radius 1 is 1.23 bits per heavy atom. The van der Waals surface area contributed by atoms with Crippen molar-refractivity contribution >= 4 is 5.91 Å². The van der Waals surface area contributed by atoms with Gasteiger partial charge < -0.3 is 9.80 Å². The monoisotopic (exact) mass is 353 g/mol. The number of rotatable bonds is 4. The van der Waals surface area contributed by atoms with Crippen LogP contribution in [0.2, 0.25) is 0 Å². The summed E-state index contributed by atoms with van der Waals surface area (Å²) in [5.41, 5.74) is 1.94. The summed E-state index contributed by atoms with van der Waals surface area (Å²) < 4.78 is 2.12. The summed E-state index contributed by atoms with van der Waals surface area (Å²) in [5, 5.41) is 4.72. The maximum atomic E-state index is 13.0. The summed E-state index contributed by atoms with van der Waals surface area (Å²) in [6, 6.07) is 8.26. The van der Waals surface area contributed by atoms with Crippen LogP contribution in [0.5, 0.6) is 0 Å². The van der Waals surface area contributed by atoms with Gasteiger partial charge in [0.1, 0.15) is 11.6 Å². The summed E-state index contributed by atoms with van der Waals surface area (Å²) in [7, 11) is 2.17. The van der Waals surface area contributed by atoms with E-state index in [1.54, 1.807) is 0 Å². The largest absolute Gasteiger partial charge is 0.324 e. The van der Waals surface area contributed by atoms with Crippen molar-refractivity contribution in [2.75, 3.05) is 20.1 Å². The lowest BCUT2D eigenvalue weighted by Crippen LogP contribution is -2.35. The maximum absolute atomic E-state index is 13.0. The molecule has 6 nitrogen and oxygen atoms in total. The van der Waals surface area contributed by atoms with Gasteiger partial charge in [-0.3, -0.25) is 4.79 Å². The van der Waals surface area contributed by atoms with Crippen LogP contribution in [0.4, 0.5) is 0 Å². The van der Waals surface area contributed by atoms with Crippen molar-refractivity contribution in [2.24, 2.45) is 0 Å². The van der Waals surface area contributed by atoms with Crippen molar-refractivity contribution in [3.63, 3.8) is 0 Å². The molecule has 1 aromatic heterocycles. The minimum atomic E-state index is -0.0317. The molecule has 138 valence electrons. The zero-order valence-electron chi connectivity index (χ0n) is 15.9. The highest BCUT2D eigenvalue weighted by molar-refractivity contribution is 5.98. The van der Waals surface area contributed by atoms with E-state index in [0.29, 0.717) is 12.6 Å². The first-order chi connectivity index (χ1) is 12.6. The van der Waals surface area contributed by atoms with Crippen LogP contribution < -0.4 is 0 Å². The van der Waals surface area contributed by atoms with Gasteiger partial charge in [-0.05, 0) is 58.0 Å². The minimum absolute atomic E-state index is 0.0317. The lowest BCUT2D eigenvalue weighted by atomic mass is 10.0. The van der Waals surface area contributed by atoms with E-state index < -0.39 is 0 Å². The van der Waals surface area contributed by atoms with Gasteiger partial charge in [-0.1, -0.05) is 25.1 Å². The van der Waals surface area contributed by atoms with Gasteiger partial charge in [-0.2, -0.15) is 5.10 Å². The maximum Gasteiger partial charge on any atom is 0.255 e. The number of carbonyl (C=O) groups excluding carboxylic acids is 1. The fourth-order valence-corrected chi connectivity index (χ4v) is 4.25. The highest BCUT2D eigenvalue weighted by Gasteiger charge is 2.36. The van der Waals surface area contributed by atoms with E-state index in [0.717, 1.165) is 55.1 Å². The van der Waals surface area contributed by atoms with Crippen LogP contribution in [-0.4, -0.2) is 50.6 Å². The number of fused-ring (bicyclic) bond motifs is 1. The smallest absolute Gasteiger partial charge is 0.255 e. The zero-order chi connectivity index (χ0) is 18.3. The number of aromatic nitrogens is 3. The molecule has 2 aliphatic heterocycles. The van der Waals surface area contributed by atoms with Crippen LogP contribution in [0, 0.1) is 6.92 Å². The molecule has 0 spiro atoms. The summed E-state index contributed by atoms with van der Waals surface area (Å²) in [6.45, 7) is 6.89. The molecule has 0 aliphatic carbocycles. The quantitative estimate of drug-likeness (QED) is 0.848. The molecule has 1 amide bonds. The Balaban J connectivity index is 1.65. The number of likely N-dealkylation sites (tertiary alicyclic amines) is 1. The number of nitrogens with zero attached hydrogens (tertiary/aromatic N) is 5. The lowest BCUT2D eigenvalue weighted by molar-refractivity contribution is 0.0677. The molecule has 1 saturated heterocycles. The third-order valence-corrected chi connectivity index (χ3v) is 5.71. The molecule has 4 rings (SSSR count). The Labute approximate surface area is 154 Å². The van der Waals surface area contributed by atoms with Gasteiger partial charge in [0.05, 0.1) is 12.1 Å². The van der Waals surface area contributed by atoms with E-state index in [-0.39, 0.29) is 11.9 Å². The normalized spacial score (nSPS) is 19.8. The first-order valence-corrected chi connectivity index (χ1v) is 9.59. The zero-order valence-corrected chi connectivity index (χ0v) is 15.9. The Kier molecular flexibility index (Phi) is 4.53. The number of aryl methyl sites for hydroxylation is 1. The SMILES string of the molecule is CCC(c1nc(C)nn1C1CCN(C)CC1)N1Cc2ccccc2C1=O. The molecule has 1 fully saturated rings. The summed E-state index contributed by atoms with van der Waals surface area (Å²) in [5.74, 6) is 1.85. The molecule has 3 heterocycles. The number of hydrogen-bond acceptors (Lipinski definition) is 4. The number of benzene rings is 1. The number of carbonyl (C=O) groups is 1. The molecule has 1 unspecified atom stereocenters. The molecule has 1 atom stereocenters. The van der Waals surface area contributed by atoms with Gasteiger partial charge in [0, 0.05) is 12.1 Å². The second-order valence-corrected chi connectivity index (χ2v) is 7.51. The van der Waals surface area contributed by atoms with E-state index in [2.05, 4.69) is 23.6 Å². The first-order valence-electron chi connectivity index (χ1n) is 9.59. The van der Waals surface area contributed by atoms with Crippen LogP contribution in [-0.2, 0) is 6.54 Å². The minimum Gasteiger partial charge on any atom is -0.324 e. The van der Waals surface area contributed by atoms with Crippen molar-refractivity contribution < 1.29 is 4.79 Å². The molecular weight excluding hydrogens is 326 g/mol. The molecule has 1 aromatic carbocycles. The van der Waals surface area contributed by atoms with Gasteiger partial charge in [-0.25, -0.2) is 9.67 Å². The molecule has 6 heteroatoms. The number of amides is 1. The number of hydrogen-bond donors (Lipinski definition) is 0. The second-order valence-electron chi connectivity index (χ2n) is 7.51. The predicted octanol–water partition coefficient (Wildman–Crippen LogP) is 2.96. The van der Waals surface area contributed by atoms with Gasteiger partial charge >= 0.3 is 0 Å². The number of piperidine rings is 1. The van der Waals surface area contributed by atoms with Gasteiger partial charge in [-0.15, -0.1) is 0 Å². The Morgan fingerprint density at radius 2 is 1.96 bits per heavy atom. The fraction of sp³-hybridized carbons (Fsp3) is 0.550. The van der Waals surface area contributed by atoms with Crippen LogP contribution in [0.25, 0.3) is 0 Å². The van der Waals surface area contributed by atoms with Crippen molar-refractivity contribution in [3.05, 3.63) is 47.0 Å². The standard InChI is InChI=1S/C20H27N5O/c1-4-18(24-13-15-7-5-6-8-17(15)20(24)26)19-21-14(2)22-25(19)16-9-11-23(3)12-10-16/h5-8,16,18H,4,9-13H2,1-3H3. The molecule has 0 N–H and O–H groups in total. The molecule has 0 bridgehead atoms. The van der Waals surface area contributed by atoms with E-state index in [1.807, 2.05) is 36.1 Å². The first kappa shape index (κ1) is 17.2. The third kappa shape index (κ3) is 2.92. The average Bonchev–Trinajstić information content (AvgIpc) is 3.18.